The van der Waals surface area contributed by atoms with Crippen molar-refractivity contribution in [1.29, 1.82) is 0 Å². The van der Waals surface area contributed by atoms with Crippen molar-refractivity contribution in [2.75, 3.05) is 31.1 Å². The second-order valence-electron chi connectivity index (χ2n) is 35.1. The minimum Gasteiger partial charge on any atom is -0.480 e. The highest BCUT2D eigenvalue weighted by atomic mass is 19.1. The lowest BCUT2D eigenvalue weighted by Crippen LogP contribution is -2.66. The van der Waals surface area contributed by atoms with Gasteiger partial charge in [0.2, 0.25) is 5.91 Å². The molecule has 8 bridgehead atoms. The van der Waals surface area contributed by atoms with Crippen molar-refractivity contribution in [3.8, 4) is 11.5 Å². The smallest absolute Gasteiger partial charge is 0.411 e. The number of fused-ring (bicyclic) bond motifs is 12. The second kappa shape index (κ2) is 32.0. The first-order chi connectivity index (χ1) is 52.4. The van der Waals surface area contributed by atoms with Crippen LogP contribution in [-0.4, -0.2) is 213 Å². The number of ether oxygens (including phenoxy) is 5. The summed E-state index contributed by atoms with van der Waals surface area (Å²) in [4.78, 5) is 146. The molecule has 1 N–H and O–H groups in total. The van der Waals surface area contributed by atoms with Gasteiger partial charge in [0.15, 0.2) is 23.1 Å². The Hall–Kier alpha value is -8.45. The first-order valence-corrected chi connectivity index (χ1v) is 37.9. The number of carboxylic acids is 1. The van der Waals surface area contributed by atoms with Crippen LogP contribution in [0.15, 0.2) is 67.0 Å². The number of nitrogens with zero attached hydrogens (tertiary/aromatic N) is 9. The highest BCUT2D eigenvalue weighted by Gasteiger charge is 2.56. The van der Waals surface area contributed by atoms with E-state index in [4.69, 9.17) is 31.9 Å². The van der Waals surface area contributed by atoms with Gasteiger partial charge in [0.05, 0.1) is 20.0 Å². The van der Waals surface area contributed by atoms with E-state index in [9.17, 15) is 57.4 Å². The molecule has 4 saturated carbocycles. The number of carbonyl (C=O) groups excluding carboxylic acids is 9. The van der Waals surface area contributed by atoms with E-state index in [-0.39, 0.29) is 119 Å². The van der Waals surface area contributed by atoms with E-state index in [1.54, 1.807) is 104 Å². The molecule has 16 rings (SSSR count). The maximum absolute atomic E-state index is 14.4. The van der Waals surface area contributed by atoms with Crippen LogP contribution >= 0.6 is 0 Å². The summed E-state index contributed by atoms with van der Waals surface area (Å²) in [6.07, 6.45) is 9.79. The average molecular weight is 1500 g/mol. The number of halogens is 1. The minimum absolute atomic E-state index is 0.0535. The van der Waals surface area contributed by atoms with Crippen LogP contribution in [0.25, 0.3) is 0 Å². The van der Waals surface area contributed by atoms with Crippen molar-refractivity contribution in [1.82, 2.24) is 39.4 Å². The van der Waals surface area contributed by atoms with Crippen molar-refractivity contribution in [2.45, 2.75) is 297 Å². The molecule has 4 aliphatic carbocycles. The number of hydrogen-bond donors (Lipinski definition) is 1. The van der Waals surface area contributed by atoms with Gasteiger partial charge in [0.1, 0.15) is 70.2 Å². The summed E-state index contributed by atoms with van der Waals surface area (Å²) in [6.45, 7) is 33.6. The third-order valence-corrected chi connectivity index (χ3v) is 21.7. The van der Waals surface area contributed by atoms with Crippen LogP contribution in [0.1, 0.15) is 233 Å². The quantitative estimate of drug-likeness (QED) is 0.171. The van der Waals surface area contributed by atoms with Crippen molar-refractivity contribution in [3.05, 3.63) is 78.4 Å². The SMILES string of the molecule is CC(=O)[C@@H]1[C@@H]2CC[C@@H](CC2=O)N1C(=O)OC(C)(C)C.[2H]C([2H])=C1C[C@@H]2CC[C@H]1[C@@H](C(=O)N1CCC3(CC1)CN(c1ncncc1Oc1ccc(F)cc1C(=O)N(C(C)C)C(C)C)C3)N2C(=O)OC(C)(C)C.[2H]C([2H])=C1C[C@@H]2CC[C@H]1[C@@H](C(=O)O)N2C(=O)OC(C)(C)C.[2H]C([2H])=C1C[C@@H]2CC[C@H]1[C@@H](C(C)=O)N2C(=O)OC(C)(C)C. The number of piperidine rings is 9. The molecule has 1 aromatic carbocycles. The topological polar surface area (TPSA) is 286 Å². The number of rotatable bonds is 10. The van der Waals surface area contributed by atoms with Crippen molar-refractivity contribution in [3.63, 3.8) is 0 Å². The summed E-state index contributed by atoms with van der Waals surface area (Å²) >= 11 is 0. The molecule has 0 unspecified atom stereocenters. The van der Waals surface area contributed by atoms with Gasteiger partial charge in [-0.2, -0.15) is 0 Å². The third-order valence-electron chi connectivity index (χ3n) is 21.7. The number of Topliss-reactive ketones (excluding diaryl/α,β-unsaturated/α-hetero) is 3. The zero-order valence-electron chi connectivity index (χ0n) is 71.7. The summed E-state index contributed by atoms with van der Waals surface area (Å²) in [5, 5.41) is 9.48. The molecule has 26 heteroatoms. The van der Waals surface area contributed by atoms with E-state index in [1.165, 1.54) is 48.2 Å². The number of aliphatic carboxylic acids is 1. The van der Waals surface area contributed by atoms with E-state index in [2.05, 4.69) is 14.9 Å². The molecule has 1 aromatic heterocycles. The Kier molecular flexibility index (Phi) is 22.1. The Morgan fingerprint density at radius 3 is 1.36 bits per heavy atom. The first kappa shape index (κ1) is 74.0. The highest BCUT2D eigenvalue weighted by Crippen LogP contribution is 2.50. The lowest BCUT2D eigenvalue weighted by atomic mass is 9.70. The number of benzene rings is 1. The standard InChI is InChI=1S/C38H51FN6O5.C15H23NO3.2C14H21NO4/c1-23(2)44(24(3)4)34(46)29-18-26(39)9-12-30(29)49-31-19-40-22-41-33(31)43-20-38(21-43)13-15-42(16-14-38)35(47)32-28-11-10-27(17-25(28)5)45(32)36(48)50-37(6,7)8;1-9-8-11-6-7-12(9)13(10(2)17)16(11)14(18)19-15(3,4)5;1-8(16)12-10-6-5-9(7-11(10)17)15(12)13(18)19-14(2,3)4;1-8-7-9-5-6-10(8)11(12(16)17)15(9)13(18)19-14(2,3)4/h9,12,18-19,22-24,27-28,32H,5,10-11,13-17,20-21H2,1-4,6-8H3;11-13H,1,6-8H2,2-5H3;9-10,12H,5-7H2,1-4H3;9-11H,1,5-7H2,2-4H3,(H,16,17)/t27-,28+,32-;11-,12+,13+;9-,10+,12+;9-,10+,11-/m0000/s1/i5D2;1D2;;1D2. The van der Waals surface area contributed by atoms with Crippen molar-refractivity contribution < 1.29 is 89.4 Å². The number of amides is 6. The Labute approximate surface area is 639 Å². The van der Waals surface area contributed by atoms with Crippen LogP contribution in [0.2, 0.25) is 0 Å². The molecule has 0 radical (unpaired) electrons. The van der Waals surface area contributed by atoms with E-state index in [0.29, 0.717) is 112 Å². The molecule has 10 aliphatic heterocycles. The molecule has 588 valence electrons. The van der Waals surface area contributed by atoms with E-state index in [0.717, 1.165) is 32.1 Å². The number of carbonyl (C=O) groups is 10. The Morgan fingerprint density at radius 1 is 0.570 bits per heavy atom. The van der Waals surface area contributed by atoms with Gasteiger partial charge in [-0.1, -0.05) is 36.3 Å². The Bertz CT molecular complexity index is 3970. The Morgan fingerprint density at radius 2 is 0.963 bits per heavy atom. The van der Waals surface area contributed by atoms with Gasteiger partial charge in [0, 0.05) is 97.9 Å². The molecule has 6 amide bonds. The molecule has 14 fully saturated rings. The maximum atomic E-state index is 14.4. The molecular weight excluding hydrogens is 1370 g/mol. The minimum atomic E-state index is -1.10. The molecule has 25 nitrogen and oxygen atoms in total. The number of anilines is 1. The van der Waals surface area contributed by atoms with Crippen LogP contribution in [0.4, 0.5) is 29.4 Å². The average Bonchev–Trinajstić information content (AvgIpc) is 0.535. The summed E-state index contributed by atoms with van der Waals surface area (Å²) in [5.41, 5.74) is -0.662. The summed E-state index contributed by atoms with van der Waals surface area (Å²) in [6, 6.07) is -0.216. The van der Waals surface area contributed by atoms with Crippen LogP contribution in [-0.2, 0) is 42.9 Å². The fraction of sp³-hybridized carbons (Fsp3) is 0.679. The van der Waals surface area contributed by atoms with Crippen molar-refractivity contribution in [2.24, 2.45) is 29.1 Å². The molecule has 12 atom stereocenters. The van der Waals surface area contributed by atoms with E-state index >= 15 is 0 Å². The fourth-order valence-corrected chi connectivity index (χ4v) is 17.4. The van der Waals surface area contributed by atoms with Crippen LogP contribution in [0, 0.1) is 34.9 Å². The number of ketones is 3. The molecule has 11 heterocycles. The second-order valence-corrected chi connectivity index (χ2v) is 35.1. The number of hydrogen-bond acceptors (Lipinski definition) is 18. The van der Waals surface area contributed by atoms with Gasteiger partial charge >= 0.3 is 30.3 Å². The molecule has 1 spiro atoms. The largest absolute Gasteiger partial charge is 0.480 e. The summed E-state index contributed by atoms with van der Waals surface area (Å²) in [5.74, 6) is -2.46. The van der Waals surface area contributed by atoms with Crippen LogP contribution in [0.5, 0.6) is 11.5 Å². The summed E-state index contributed by atoms with van der Waals surface area (Å²) < 4.78 is 88.9. The maximum Gasteiger partial charge on any atom is 0.411 e. The molecule has 2 aromatic rings. The number of carboxylic acid groups (broad SMARTS) is 1. The van der Waals surface area contributed by atoms with Gasteiger partial charge in [-0.25, -0.2) is 38.3 Å². The normalized spacial score (nSPS) is 27.6. The van der Waals surface area contributed by atoms with Gasteiger partial charge in [-0.3, -0.25) is 43.6 Å². The zero-order chi connectivity index (χ0) is 84.0. The lowest BCUT2D eigenvalue weighted by Gasteiger charge is -2.56. The molecule has 107 heavy (non-hydrogen) atoms. The van der Waals surface area contributed by atoms with Gasteiger partial charge < -0.3 is 43.5 Å². The van der Waals surface area contributed by atoms with Crippen molar-refractivity contribution >= 4 is 65.3 Å². The van der Waals surface area contributed by atoms with Crippen LogP contribution < -0.4 is 9.64 Å². The number of aromatic nitrogens is 2. The Balaban J connectivity index is 0.000000197. The predicted molar refractivity (Wildman–Crippen MR) is 399 cm³/mol. The van der Waals surface area contributed by atoms with E-state index in [1.807, 2.05) is 32.6 Å². The van der Waals surface area contributed by atoms with Gasteiger partial charge in [0.25, 0.3) is 5.91 Å². The molecule has 14 aliphatic rings. The monoisotopic (exact) mass is 1500 g/mol. The first-order valence-electron chi connectivity index (χ1n) is 40.9. The predicted octanol–water partition coefficient (Wildman–Crippen LogP) is 13.7. The number of likely N-dealkylation sites (tertiary alicyclic amines) is 1. The third kappa shape index (κ3) is 18.8. The van der Waals surface area contributed by atoms with Gasteiger partial charge in [-0.15, -0.1) is 0 Å². The highest BCUT2D eigenvalue weighted by molar-refractivity contribution is 5.98. The molecular formula is C81H116FN9O16. The zero-order valence-corrected chi connectivity index (χ0v) is 65.7. The summed E-state index contributed by atoms with van der Waals surface area (Å²) in [7, 11) is 0. The van der Waals surface area contributed by atoms with Crippen LogP contribution in [0.3, 0.4) is 0 Å². The lowest BCUT2D eigenvalue weighted by molar-refractivity contribution is -0.149. The fourth-order valence-electron chi connectivity index (χ4n) is 17.4. The van der Waals surface area contributed by atoms with E-state index < -0.39 is 88.6 Å². The van der Waals surface area contributed by atoms with Gasteiger partial charge in [-0.05, 0) is 226 Å². The molecule has 10 saturated heterocycles.